The van der Waals surface area contributed by atoms with Gasteiger partial charge in [-0.3, -0.25) is 9.88 Å². The Labute approximate surface area is 122 Å². The average Bonchev–Trinajstić information content (AvgIpc) is 2.46. The molecule has 0 fully saturated rings. The minimum Gasteiger partial charge on any atom is -0.313 e. The zero-order chi connectivity index (χ0) is 14.4. The normalized spacial score (nSPS) is 11.7. The van der Waals surface area contributed by atoms with E-state index in [-0.39, 0.29) is 0 Å². The molecule has 1 N–H and O–H groups in total. The maximum atomic E-state index is 4.43. The highest BCUT2D eigenvalue weighted by Crippen LogP contribution is 2.17. The zero-order valence-corrected chi connectivity index (χ0v) is 12.8. The van der Waals surface area contributed by atoms with Crippen molar-refractivity contribution in [2.75, 3.05) is 19.6 Å². The van der Waals surface area contributed by atoms with Crippen LogP contribution in [0.4, 0.5) is 0 Å². The summed E-state index contributed by atoms with van der Waals surface area (Å²) in [6.45, 7) is 10.8. The van der Waals surface area contributed by atoms with Gasteiger partial charge in [-0.15, -0.1) is 0 Å². The summed E-state index contributed by atoms with van der Waals surface area (Å²) in [6, 6.07) is 11.1. The van der Waals surface area contributed by atoms with Crippen LogP contribution in [0.25, 0.3) is 10.9 Å². The molecule has 0 amide bonds. The molecule has 0 unspecified atom stereocenters. The first-order valence-corrected chi connectivity index (χ1v) is 7.49. The fraction of sp³-hybridized carbons (Fsp3) is 0.471. The van der Waals surface area contributed by atoms with Crippen LogP contribution in [-0.2, 0) is 6.54 Å². The summed E-state index contributed by atoms with van der Waals surface area (Å²) in [6.07, 6.45) is 1.91. The number of fused-ring (bicyclic) bond motifs is 1. The van der Waals surface area contributed by atoms with Crippen molar-refractivity contribution in [2.24, 2.45) is 0 Å². The molecule has 20 heavy (non-hydrogen) atoms. The van der Waals surface area contributed by atoms with Crippen LogP contribution in [0.2, 0.25) is 0 Å². The largest absolute Gasteiger partial charge is 0.313 e. The molecule has 0 aliphatic heterocycles. The Kier molecular flexibility index (Phi) is 5.50. The van der Waals surface area contributed by atoms with Crippen LogP contribution < -0.4 is 5.32 Å². The lowest BCUT2D eigenvalue weighted by Gasteiger charge is -2.22. The minimum atomic E-state index is 0.551. The van der Waals surface area contributed by atoms with Gasteiger partial charge in [-0.25, -0.2) is 0 Å². The molecule has 0 radical (unpaired) electrons. The topological polar surface area (TPSA) is 28.2 Å². The molecule has 1 aromatic carbocycles. The lowest BCUT2D eigenvalue weighted by Crippen LogP contribution is -2.34. The second-order valence-electron chi connectivity index (χ2n) is 5.46. The van der Waals surface area contributed by atoms with Crippen molar-refractivity contribution in [3.63, 3.8) is 0 Å². The Morgan fingerprint density at radius 1 is 1.20 bits per heavy atom. The van der Waals surface area contributed by atoms with E-state index in [2.05, 4.69) is 60.2 Å². The number of para-hydroxylation sites is 1. The molecule has 2 aromatic rings. The predicted octanol–water partition coefficient (Wildman–Crippen LogP) is 3.05. The van der Waals surface area contributed by atoms with Crippen molar-refractivity contribution < 1.29 is 0 Å². The first kappa shape index (κ1) is 14.9. The lowest BCUT2D eigenvalue weighted by molar-refractivity contribution is 0.277. The van der Waals surface area contributed by atoms with Gasteiger partial charge >= 0.3 is 0 Å². The van der Waals surface area contributed by atoms with Gasteiger partial charge in [0.15, 0.2) is 0 Å². The quantitative estimate of drug-likeness (QED) is 0.839. The molecule has 108 valence electrons. The molecular weight excluding hydrogens is 246 g/mol. The predicted molar refractivity (Wildman–Crippen MR) is 85.8 cm³/mol. The van der Waals surface area contributed by atoms with E-state index < -0.39 is 0 Å². The van der Waals surface area contributed by atoms with Crippen molar-refractivity contribution >= 4 is 10.9 Å². The van der Waals surface area contributed by atoms with E-state index in [1.165, 1.54) is 10.9 Å². The second-order valence-corrected chi connectivity index (χ2v) is 5.46. The fourth-order valence-electron chi connectivity index (χ4n) is 2.39. The number of likely N-dealkylation sites (N-methyl/N-ethyl adjacent to an activating group) is 1. The van der Waals surface area contributed by atoms with E-state index in [0.29, 0.717) is 6.04 Å². The SMILES string of the molecule is CCN(CCNC(C)C)Cc1ccnc2ccccc12. The third-order valence-electron chi connectivity index (χ3n) is 3.56. The summed E-state index contributed by atoms with van der Waals surface area (Å²) >= 11 is 0. The van der Waals surface area contributed by atoms with Crippen LogP contribution >= 0.6 is 0 Å². The van der Waals surface area contributed by atoms with Crippen LogP contribution in [0.1, 0.15) is 26.3 Å². The molecule has 2 rings (SSSR count). The highest BCUT2D eigenvalue weighted by atomic mass is 15.1. The summed E-state index contributed by atoms with van der Waals surface area (Å²) in [5.41, 5.74) is 2.45. The molecule has 3 heteroatoms. The number of benzene rings is 1. The molecule has 0 aliphatic carbocycles. The van der Waals surface area contributed by atoms with E-state index in [4.69, 9.17) is 0 Å². The summed E-state index contributed by atoms with van der Waals surface area (Å²) in [5.74, 6) is 0. The smallest absolute Gasteiger partial charge is 0.0705 e. The van der Waals surface area contributed by atoms with E-state index in [1.807, 2.05) is 12.3 Å². The molecule has 0 spiro atoms. The summed E-state index contributed by atoms with van der Waals surface area (Å²) in [5, 5.41) is 4.75. The van der Waals surface area contributed by atoms with Gasteiger partial charge in [0.25, 0.3) is 0 Å². The van der Waals surface area contributed by atoms with E-state index in [0.717, 1.165) is 31.7 Å². The Morgan fingerprint density at radius 3 is 2.75 bits per heavy atom. The number of hydrogen-bond donors (Lipinski definition) is 1. The Hall–Kier alpha value is -1.45. The molecule has 0 aliphatic rings. The average molecular weight is 271 g/mol. The summed E-state index contributed by atoms with van der Waals surface area (Å²) in [7, 11) is 0. The van der Waals surface area contributed by atoms with Crippen molar-refractivity contribution in [1.29, 1.82) is 0 Å². The first-order valence-electron chi connectivity index (χ1n) is 7.49. The van der Waals surface area contributed by atoms with Gasteiger partial charge in [0.05, 0.1) is 5.52 Å². The van der Waals surface area contributed by atoms with Crippen LogP contribution in [0.5, 0.6) is 0 Å². The standard InChI is InChI=1S/C17H25N3/c1-4-20(12-11-18-14(2)3)13-15-9-10-19-17-8-6-5-7-16(15)17/h5-10,14,18H,4,11-13H2,1-3H3. The Bertz CT molecular complexity index is 531. The Morgan fingerprint density at radius 2 is 2.00 bits per heavy atom. The van der Waals surface area contributed by atoms with Gasteiger partial charge in [-0.1, -0.05) is 39.0 Å². The van der Waals surface area contributed by atoms with Crippen LogP contribution in [0, 0.1) is 0 Å². The Balaban J connectivity index is 2.05. The van der Waals surface area contributed by atoms with Crippen molar-refractivity contribution in [3.05, 3.63) is 42.1 Å². The third-order valence-corrected chi connectivity index (χ3v) is 3.56. The van der Waals surface area contributed by atoms with E-state index in [9.17, 15) is 0 Å². The molecule has 0 saturated carbocycles. The van der Waals surface area contributed by atoms with Gasteiger partial charge < -0.3 is 5.32 Å². The van der Waals surface area contributed by atoms with Crippen LogP contribution in [-0.4, -0.2) is 35.6 Å². The van der Waals surface area contributed by atoms with Gasteiger partial charge in [-0.2, -0.15) is 0 Å². The lowest BCUT2D eigenvalue weighted by atomic mass is 10.1. The highest BCUT2D eigenvalue weighted by molar-refractivity contribution is 5.81. The molecule has 0 bridgehead atoms. The third kappa shape index (κ3) is 4.02. The van der Waals surface area contributed by atoms with Gasteiger partial charge in [0, 0.05) is 37.3 Å². The van der Waals surface area contributed by atoms with Gasteiger partial charge in [0.2, 0.25) is 0 Å². The monoisotopic (exact) mass is 271 g/mol. The van der Waals surface area contributed by atoms with E-state index in [1.54, 1.807) is 0 Å². The van der Waals surface area contributed by atoms with E-state index >= 15 is 0 Å². The molecular formula is C17H25N3. The zero-order valence-electron chi connectivity index (χ0n) is 12.8. The maximum absolute atomic E-state index is 4.43. The van der Waals surface area contributed by atoms with Crippen molar-refractivity contribution in [3.8, 4) is 0 Å². The fourth-order valence-corrected chi connectivity index (χ4v) is 2.39. The van der Waals surface area contributed by atoms with Gasteiger partial charge in [0.1, 0.15) is 0 Å². The first-order chi connectivity index (χ1) is 9.70. The van der Waals surface area contributed by atoms with Crippen LogP contribution in [0.3, 0.4) is 0 Å². The molecule has 1 heterocycles. The molecule has 1 aromatic heterocycles. The van der Waals surface area contributed by atoms with Crippen molar-refractivity contribution in [2.45, 2.75) is 33.4 Å². The number of hydrogen-bond acceptors (Lipinski definition) is 3. The van der Waals surface area contributed by atoms with Crippen molar-refractivity contribution in [1.82, 2.24) is 15.2 Å². The summed E-state index contributed by atoms with van der Waals surface area (Å²) in [4.78, 5) is 6.90. The highest BCUT2D eigenvalue weighted by Gasteiger charge is 2.07. The number of pyridine rings is 1. The number of rotatable bonds is 7. The number of nitrogens with zero attached hydrogens (tertiary/aromatic N) is 2. The molecule has 0 saturated heterocycles. The number of nitrogens with one attached hydrogen (secondary N) is 1. The maximum Gasteiger partial charge on any atom is 0.0705 e. The second kappa shape index (κ2) is 7.36. The molecule has 0 atom stereocenters. The van der Waals surface area contributed by atoms with Gasteiger partial charge in [-0.05, 0) is 24.2 Å². The van der Waals surface area contributed by atoms with Crippen LogP contribution in [0.15, 0.2) is 36.5 Å². The number of aromatic nitrogens is 1. The molecule has 3 nitrogen and oxygen atoms in total. The summed E-state index contributed by atoms with van der Waals surface area (Å²) < 4.78 is 0. The minimum absolute atomic E-state index is 0.551.